The molecule has 15 heteroatoms. The Bertz CT molecular complexity index is 1160. The zero-order valence-electron chi connectivity index (χ0n) is 19.0. The summed E-state index contributed by atoms with van der Waals surface area (Å²) in [4.78, 5) is 10.7. The molecule has 36 heavy (non-hydrogen) atoms. The third kappa shape index (κ3) is 8.10. The van der Waals surface area contributed by atoms with E-state index in [0.717, 1.165) is 12.1 Å². The van der Waals surface area contributed by atoms with Crippen molar-refractivity contribution in [1.29, 1.82) is 5.26 Å². The van der Waals surface area contributed by atoms with Gasteiger partial charge in [0.25, 0.3) is 5.69 Å². The number of nitro groups is 1. The minimum absolute atomic E-state index is 0.163. The van der Waals surface area contributed by atoms with Crippen molar-refractivity contribution < 1.29 is 31.8 Å². The number of rotatable bonds is 9. The summed E-state index contributed by atoms with van der Waals surface area (Å²) in [7, 11) is 0. The standard InChI is InChI=1S/C21H20BrClF4N4O4S/c1-20(2,3)36(34)30-11(10-28)7-16(19-13(23)5-4-6-18(19)35-21(25,26)27)29-15-8-12(22)14(24)9-17(15)31(32)33/h4-6,8-9,11,16,29-30H,7H2,1-3H3/t11?,16?,36-/m1/s1. The van der Waals surface area contributed by atoms with Gasteiger partial charge in [-0.15, -0.1) is 17.9 Å². The van der Waals surface area contributed by atoms with Gasteiger partial charge in [-0.1, -0.05) is 17.7 Å². The highest BCUT2D eigenvalue weighted by molar-refractivity contribution is 9.10. The van der Waals surface area contributed by atoms with Gasteiger partial charge in [0.05, 0.1) is 27.6 Å². The first-order valence-corrected chi connectivity index (χ1v) is 12.4. The number of nitrogens with zero attached hydrogens (tertiary/aromatic N) is 2. The highest BCUT2D eigenvalue weighted by Crippen LogP contribution is 2.41. The molecule has 0 aliphatic rings. The molecular weight excluding hydrogens is 596 g/mol. The lowest BCUT2D eigenvalue weighted by Gasteiger charge is -2.29. The molecule has 2 aromatic carbocycles. The molecule has 8 nitrogen and oxygen atoms in total. The molecule has 0 aromatic heterocycles. The number of hydrogen-bond donors (Lipinski definition) is 2. The number of ether oxygens (including phenoxy) is 1. The van der Waals surface area contributed by atoms with Gasteiger partial charge in [-0.2, -0.15) is 5.26 Å². The number of alkyl halides is 3. The molecule has 2 N–H and O–H groups in total. The van der Waals surface area contributed by atoms with Gasteiger partial charge in [-0.05, 0) is 54.9 Å². The van der Waals surface area contributed by atoms with Crippen molar-refractivity contribution in [3.63, 3.8) is 0 Å². The summed E-state index contributed by atoms with van der Waals surface area (Å²) in [6.07, 6.45) is -5.46. The number of nitriles is 1. The van der Waals surface area contributed by atoms with Crippen LogP contribution in [0.3, 0.4) is 0 Å². The van der Waals surface area contributed by atoms with Gasteiger partial charge in [0.15, 0.2) is 0 Å². The predicted octanol–water partition coefficient (Wildman–Crippen LogP) is 6.54. The first kappa shape index (κ1) is 29.9. The van der Waals surface area contributed by atoms with Crippen molar-refractivity contribution in [2.45, 2.75) is 50.4 Å². The van der Waals surface area contributed by atoms with Gasteiger partial charge in [0.2, 0.25) is 0 Å². The van der Waals surface area contributed by atoms with E-state index in [1.54, 1.807) is 20.8 Å². The van der Waals surface area contributed by atoms with E-state index in [1.807, 2.05) is 6.07 Å². The first-order valence-electron chi connectivity index (χ1n) is 10.0. The number of anilines is 1. The summed E-state index contributed by atoms with van der Waals surface area (Å²) < 4.78 is 71.6. The minimum Gasteiger partial charge on any atom is -0.598 e. The molecule has 0 aliphatic carbocycles. The van der Waals surface area contributed by atoms with E-state index in [4.69, 9.17) is 11.6 Å². The zero-order chi connectivity index (χ0) is 27.4. The molecule has 0 spiro atoms. The molecule has 0 aliphatic heterocycles. The SMILES string of the molecule is CC(C)(C)[S@@+]([O-])NC(C#N)CC(Nc1cc(Br)c(F)cc1[N+](=O)[O-])c1c(Cl)cccc1OC(F)(F)F. The second kappa shape index (κ2) is 11.8. The third-order valence-electron chi connectivity index (χ3n) is 4.58. The second-order valence-corrected chi connectivity index (χ2v) is 11.6. The number of benzene rings is 2. The molecule has 2 unspecified atom stereocenters. The van der Waals surface area contributed by atoms with Crippen LogP contribution >= 0.6 is 27.5 Å². The van der Waals surface area contributed by atoms with Crippen LogP contribution in [0.15, 0.2) is 34.8 Å². The topological polar surface area (TPSA) is 123 Å². The van der Waals surface area contributed by atoms with Gasteiger partial charge in [0, 0.05) is 28.4 Å². The molecule has 0 saturated carbocycles. The van der Waals surface area contributed by atoms with E-state index >= 15 is 0 Å². The number of nitrogens with one attached hydrogen (secondary N) is 2. The highest BCUT2D eigenvalue weighted by Gasteiger charge is 2.36. The lowest BCUT2D eigenvalue weighted by Crippen LogP contribution is -2.45. The van der Waals surface area contributed by atoms with Crippen LogP contribution in [0.2, 0.25) is 5.02 Å². The molecule has 0 saturated heterocycles. The Morgan fingerprint density at radius 1 is 1.31 bits per heavy atom. The normalized spacial score (nSPS) is 14.5. The summed E-state index contributed by atoms with van der Waals surface area (Å²) >= 11 is 7.41. The lowest BCUT2D eigenvalue weighted by atomic mass is 9.98. The summed E-state index contributed by atoms with van der Waals surface area (Å²) in [5, 5.41) is 23.7. The van der Waals surface area contributed by atoms with Crippen LogP contribution in [0.4, 0.5) is 28.9 Å². The van der Waals surface area contributed by atoms with Crippen molar-refractivity contribution >= 4 is 50.3 Å². The number of halogens is 6. The molecule has 0 bridgehead atoms. The Labute approximate surface area is 220 Å². The summed E-state index contributed by atoms with van der Waals surface area (Å²) in [5.41, 5.74) is -1.26. The van der Waals surface area contributed by atoms with E-state index in [-0.39, 0.29) is 27.2 Å². The average molecular weight is 616 g/mol. The van der Waals surface area contributed by atoms with Crippen molar-refractivity contribution in [1.82, 2.24) is 4.72 Å². The van der Waals surface area contributed by atoms with Crippen LogP contribution in [0, 0.1) is 27.3 Å². The molecule has 2 aromatic rings. The van der Waals surface area contributed by atoms with Crippen LogP contribution in [-0.4, -0.2) is 26.6 Å². The van der Waals surface area contributed by atoms with Gasteiger partial charge >= 0.3 is 6.36 Å². The smallest absolute Gasteiger partial charge is 0.573 e. The van der Waals surface area contributed by atoms with Crippen molar-refractivity contribution in [2.24, 2.45) is 0 Å². The Morgan fingerprint density at radius 3 is 2.47 bits per heavy atom. The molecule has 2 rings (SSSR count). The summed E-state index contributed by atoms with van der Waals surface area (Å²) in [6.45, 7) is 4.93. The Balaban J connectivity index is 2.64. The Morgan fingerprint density at radius 2 is 1.94 bits per heavy atom. The highest BCUT2D eigenvalue weighted by atomic mass is 79.9. The maximum absolute atomic E-state index is 14.0. The quantitative estimate of drug-likeness (QED) is 0.142. The minimum atomic E-state index is -5.10. The Kier molecular flexibility index (Phi) is 9.83. The number of nitro benzene ring substituents is 1. The molecule has 0 heterocycles. The zero-order valence-corrected chi connectivity index (χ0v) is 22.1. The van der Waals surface area contributed by atoms with Gasteiger partial charge < -0.3 is 14.6 Å². The maximum Gasteiger partial charge on any atom is 0.573 e. The van der Waals surface area contributed by atoms with E-state index in [1.165, 1.54) is 12.1 Å². The fraction of sp³-hybridized carbons (Fsp3) is 0.381. The maximum atomic E-state index is 14.0. The van der Waals surface area contributed by atoms with Crippen LogP contribution in [0.1, 0.15) is 38.8 Å². The number of hydrogen-bond acceptors (Lipinski definition) is 7. The predicted molar refractivity (Wildman–Crippen MR) is 130 cm³/mol. The van der Waals surface area contributed by atoms with Crippen LogP contribution in [-0.2, 0) is 11.4 Å². The van der Waals surface area contributed by atoms with E-state index in [9.17, 15) is 37.5 Å². The average Bonchev–Trinajstić information content (AvgIpc) is 2.73. The van der Waals surface area contributed by atoms with E-state index in [2.05, 4.69) is 30.7 Å². The monoisotopic (exact) mass is 614 g/mol. The van der Waals surface area contributed by atoms with E-state index < -0.39 is 56.7 Å². The first-order chi connectivity index (χ1) is 16.5. The molecule has 0 radical (unpaired) electrons. The summed E-state index contributed by atoms with van der Waals surface area (Å²) in [6, 6.07) is 4.47. The fourth-order valence-corrected chi connectivity index (χ4v) is 4.38. The largest absolute Gasteiger partial charge is 0.598 e. The molecule has 0 fully saturated rings. The van der Waals surface area contributed by atoms with Crippen LogP contribution in [0.5, 0.6) is 5.75 Å². The van der Waals surface area contributed by atoms with Crippen molar-refractivity contribution in [3.8, 4) is 11.8 Å². The molecule has 3 atom stereocenters. The van der Waals surface area contributed by atoms with Crippen LogP contribution < -0.4 is 14.8 Å². The third-order valence-corrected chi connectivity index (χ3v) is 7.13. The van der Waals surface area contributed by atoms with Crippen molar-refractivity contribution in [2.75, 3.05) is 5.32 Å². The second-order valence-electron chi connectivity index (χ2n) is 8.35. The van der Waals surface area contributed by atoms with Gasteiger partial charge in [0.1, 0.15) is 28.0 Å². The van der Waals surface area contributed by atoms with Crippen LogP contribution in [0.25, 0.3) is 0 Å². The van der Waals surface area contributed by atoms with Gasteiger partial charge in [-0.25, -0.2) is 4.39 Å². The lowest BCUT2D eigenvalue weighted by molar-refractivity contribution is -0.384. The molecule has 196 valence electrons. The molecule has 0 amide bonds. The van der Waals surface area contributed by atoms with Gasteiger partial charge in [-0.3, -0.25) is 10.1 Å². The Hall–Kier alpha value is -2.31. The molecular formula is C21H20BrClF4N4O4S. The summed E-state index contributed by atoms with van der Waals surface area (Å²) in [5.74, 6) is -1.66. The van der Waals surface area contributed by atoms with E-state index in [0.29, 0.717) is 6.07 Å². The van der Waals surface area contributed by atoms with Crippen molar-refractivity contribution in [3.05, 3.63) is 61.3 Å². The fourth-order valence-electron chi connectivity index (χ4n) is 2.98.